The summed E-state index contributed by atoms with van der Waals surface area (Å²) in [6, 6.07) is 13.0. The van der Waals surface area contributed by atoms with Crippen LogP contribution < -0.4 is 16.5 Å². The summed E-state index contributed by atoms with van der Waals surface area (Å²) in [7, 11) is -0.526. The summed E-state index contributed by atoms with van der Waals surface area (Å²) in [6.07, 6.45) is 5.79. The first-order valence-electron chi connectivity index (χ1n) is 8.83. The molecule has 0 bridgehead atoms. The second kappa shape index (κ2) is 7.02. The fourth-order valence-corrected chi connectivity index (χ4v) is 4.37. The number of methoxy groups -OCH3 is 1. The van der Waals surface area contributed by atoms with E-state index in [2.05, 4.69) is 25.6 Å². The molecular weight excluding hydrogens is 368 g/mol. The van der Waals surface area contributed by atoms with E-state index in [1.54, 1.807) is 12.1 Å². The van der Waals surface area contributed by atoms with Gasteiger partial charge in [0.05, 0.1) is 26.4 Å². The number of para-hydroxylation sites is 1. The fourth-order valence-electron chi connectivity index (χ4n) is 3.23. The number of ether oxygens (including phenoxy) is 1. The SMILES string of the molecule is C#Cc1cc([Si](C)(C)C)cc2c1c(N)c(C(=O)OC)c(=O)n2-c1ccccc1. The number of nitrogens with two attached hydrogens (primary N) is 1. The third-order valence-electron chi connectivity index (χ3n) is 4.74. The van der Waals surface area contributed by atoms with Gasteiger partial charge in [-0.15, -0.1) is 6.42 Å². The van der Waals surface area contributed by atoms with Gasteiger partial charge in [0, 0.05) is 16.6 Å². The maximum Gasteiger partial charge on any atom is 0.345 e. The van der Waals surface area contributed by atoms with Gasteiger partial charge in [-0.25, -0.2) is 4.79 Å². The van der Waals surface area contributed by atoms with Crippen molar-refractivity contribution >= 4 is 35.8 Å². The molecule has 28 heavy (non-hydrogen) atoms. The molecule has 2 aromatic carbocycles. The predicted molar refractivity (Wildman–Crippen MR) is 116 cm³/mol. The highest BCUT2D eigenvalue weighted by Crippen LogP contribution is 2.28. The average Bonchev–Trinajstić information content (AvgIpc) is 2.67. The summed E-state index contributed by atoms with van der Waals surface area (Å²) in [6.45, 7) is 6.60. The minimum Gasteiger partial charge on any atom is -0.465 e. The maximum atomic E-state index is 13.3. The predicted octanol–water partition coefficient (Wildman–Crippen LogP) is 2.89. The minimum atomic E-state index is -1.74. The van der Waals surface area contributed by atoms with E-state index >= 15 is 0 Å². The number of nitrogens with zero attached hydrogens (tertiary/aromatic N) is 1. The lowest BCUT2D eigenvalue weighted by Crippen LogP contribution is -2.38. The van der Waals surface area contributed by atoms with Crippen LogP contribution >= 0.6 is 0 Å². The van der Waals surface area contributed by atoms with Crippen LogP contribution in [0.2, 0.25) is 19.6 Å². The number of nitrogen functional groups attached to an aromatic ring is 1. The van der Waals surface area contributed by atoms with E-state index in [0.29, 0.717) is 22.2 Å². The van der Waals surface area contributed by atoms with Crippen LogP contribution in [0.5, 0.6) is 0 Å². The highest BCUT2D eigenvalue weighted by molar-refractivity contribution is 6.88. The Morgan fingerprint density at radius 1 is 1.18 bits per heavy atom. The number of benzene rings is 2. The molecular formula is C22H22N2O3Si. The van der Waals surface area contributed by atoms with Crippen molar-refractivity contribution in [2.75, 3.05) is 12.8 Å². The zero-order valence-corrected chi connectivity index (χ0v) is 17.4. The van der Waals surface area contributed by atoms with Crippen molar-refractivity contribution in [2.45, 2.75) is 19.6 Å². The van der Waals surface area contributed by atoms with E-state index < -0.39 is 19.6 Å². The molecule has 0 atom stereocenters. The molecule has 0 aliphatic heterocycles. The van der Waals surface area contributed by atoms with Crippen molar-refractivity contribution in [3.05, 3.63) is 63.9 Å². The van der Waals surface area contributed by atoms with Crippen molar-refractivity contribution < 1.29 is 9.53 Å². The van der Waals surface area contributed by atoms with E-state index in [1.807, 2.05) is 30.3 Å². The molecule has 0 saturated heterocycles. The summed E-state index contributed by atoms with van der Waals surface area (Å²) >= 11 is 0. The highest BCUT2D eigenvalue weighted by Gasteiger charge is 2.26. The van der Waals surface area contributed by atoms with Crippen molar-refractivity contribution in [1.29, 1.82) is 0 Å². The first kappa shape index (κ1) is 19.5. The molecule has 3 aromatic rings. The number of carbonyl (C=O) groups excluding carboxylic acids is 1. The highest BCUT2D eigenvalue weighted by atomic mass is 28.3. The van der Waals surface area contributed by atoms with Gasteiger partial charge in [0.2, 0.25) is 0 Å². The van der Waals surface area contributed by atoms with Crippen LogP contribution in [0, 0.1) is 12.3 Å². The van der Waals surface area contributed by atoms with Gasteiger partial charge in [-0.2, -0.15) is 0 Å². The van der Waals surface area contributed by atoms with E-state index in [4.69, 9.17) is 16.9 Å². The number of carbonyl (C=O) groups is 1. The van der Waals surface area contributed by atoms with Gasteiger partial charge in [0.1, 0.15) is 5.56 Å². The number of terminal acetylenes is 1. The smallest absolute Gasteiger partial charge is 0.345 e. The molecule has 0 unspecified atom stereocenters. The van der Waals surface area contributed by atoms with E-state index in [0.717, 1.165) is 5.19 Å². The Labute approximate surface area is 164 Å². The molecule has 0 aliphatic rings. The topological polar surface area (TPSA) is 74.3 Å². The van der Waals surface area contributed by atoms with Gasteiger partial charge in [-0.3, -0.25) is 9.36 Å². The molecule has 1 heterocycles. The summed E-state index contributed by atoms with van der Waals surface area (Å²) < 4.78 is 6.30. The number of hydrogen-bond donors (Lipinski definition) is 1. The Kier molecular flexibility index (Phi) is 4.88. The Bertz CT molecular complexity index is 1180. The first-order valence-corrected chi connectivity index (χ1v) is 12.3. The maximum absolute atomic E-state index is 13.3. The molecule has 0 aliphatic carbocycles. The monoisotopic (exact) mass is 390 g/mol. The quantitative estimate of drug-likeness (QED) is 0.424. The number of aromatic nitrogens is 1. The number of fused-ring (bicyclic) bond motifs is 1. The van der Waals surface area contributed by atoms with Crippen molar-refractivity contribution in [1.82, 2.24) is 4.57 Å². The molecule has 0 amide bonds. The molecule has 0 spiro atoms. The van der Waals surface area contributed by atoms with Crippen LogP contribution in [0.4, 0.5) is 5.69 Å². The van der Waals surface area contributed by atoms with Crippen molar-refractivity contribution in [3.63, 3.8) is 0 Å². The van der Waals surface area contributed by atoms with E-state index in [-0.39, 0.29) is 11.3 Å². The Morgan fingerprint density at radius 3 is 2.36 bits per heavy atom. The van der Waals surface area contributed by atoms with Crippen LogP contribution in [0.1, 0.15) is 15.9 Å². The molecule has 142 valence electrons. The first-order chi connectivity index (χ1) is 13.2. The Morgan fingerprint density at radius 2 is 1.82 bits per heavy atom. The zero-order valence-electron chi connectivity index (χ0n) is 16.4. The molecule has 3 rings (SSSR count). The van der Waals surface area contributed by atoms with Crippen LogP contribution in [0.3, 0.4) is 0 Å². The van der Waals surface area contributed by atoms with Crippen molar-refractivity contribution in [2.24, 2.45) is 0 Å². The largest absolute Gasteiger partial charge is 0.465 e. The average molecular weight is 391 g/mol. The van der Waals surface area contributed by atoms with E-state index in [9.17, 15) is 9.59 Å². The summed E-state index contributed by atoms with van der Waals surface area (Å²) in [4.78, 5) is 25.7. The number of pyridine rings is 1. The second-order valence-electron chi connectivity index (χ2n) is 7.57. The third kappa shape index (κ3) is 3.10. The molecule has 0 saturated carbocycles. The number of rotatable bonds is 3. The molecule has 1 aromatic heterocycles. The molecule has 0 radical (unpaired) electrons. The summed E-state index contributed by atoms with van der Waals surface area (Å²) in [5, 5.41) is 1.61. The Balaban J connectivity index is 2.63. The van der Waals surface area contributed by atoms with Gasteiger partial charge in [0.25, 0.3) is 5.56 Å². The van der Waals surface area contributed by atoms with Crippen LogP contribution in [-0.2, 0) is 4.74 Å². The number of hydrogen-bond acceptors (Lipinski definition) is 4. The molecule has 6 heteroatoms. The normalized spacial score (nSPS) is 11.2. The second-order valence-corrected chi connectivity index (χ2v) is 12.6. The lowest BCUT2D eigenvalue weighted by Gasteiger charge is -2.22. The van der Waals surface area contributed by atoms with Gasteiger partial charge in [0.15, 0.2) is 0 Å². The van der Waals surface area contributed by atoms with Crippen LogP contribution in [-0.4, -0.2) is 25.7 Å². The standard InChI is InChI=1S/C22H22N2O3Si/c1-6-14-12-16(28(3,4)5)13-17-18(14)20(23)19(22(26)27-2)21(25)24(17)15-10-8-7-9-11-15/h1,7-13H,23H2,2-5H3. The van der Waals surface area contributed by atoms with Gasteiger partial charge < -0.3 is 10.5 Å². The molecule has 0 fully saturated rings. The summed E-state index contributed by atoms with van der Waals surface area (Å²) in [5.41, 5.74) is 7.36. The lowest BCUT2D eigenvalue weighted by atomic mass is 10.0. The van der Waals surface area contributed by atoms with Gasteiger partial charge in [-0.05, 0) is 24.3 Å². The minimum absolute atomic E-state index is 0.0501. The van der Waals surface area contributed by atoms with Crippen LogP contribution in [0.15, 0.2) is 47.3 Å². The fraction of sp³-hybridized carbons (Fsp3) is 0.182. The summed E-state index contributed by atoms with van der Waals surface area (Å²) in [5.74, 6) is 1.89. The van der Waals surface area contributed by atoms with Gasteiger partial charge in [-0.1, -0.05) is 48.9 Å². The van der Waals surface area contributed by atoms with Crippen molar-refractivity contribution in [3.8, 4) is 18.0 Å². The zero-order chi connectivity index (χ0) is 20.6. The molecule has 2 N–H and O–H groups in total. The third-order valence-corrected chi connectivity index (χ3v) is 6.76. The molecule has 5 nitrogen and oxygen atoms in total. The van der Waals surface area contributed by atoms with E-state index in [1.165, 1.54) is 11.7 Å². The Hall–Kier alpha value is -3.30. The van der Waals surface area contributed by atoms with Gasteiger partial charge >= 0.3 is 5.97 Å². The van der Waals surface area contributed by atoms with Crippen LogP contribution in [0.25, 0.3) is 16.6 Å². The lowest BCUT2D eigenvalue weighted by molar-refractivity contribution is 0.0600. The number of anilines is 1. The number of esters is 1.